The Labute approximate surface area is 180 Å². The highest BCUT2D eigenvalue weighted by Crippen LogP contribution is 2.42. The Morgan fingerprint density at radius 2 is 1.77 bits per heavy atom. The van der Waals surface area contributed by atoms with Crippen molar-refractivity contribution in [3.05, 3.63) is 80.8 Å². The average Bonchev–Trinajstić information content (AvgIpc) is 3.12. The lowest BCUT2D eigenvalue weighted by Crippen LogP contribution is -2.06. The first-order chi connectivity index (χ1) is 14.2. The molecule has 152 valence electrons. The van der Waals surface area contributed by atoms with Crippen LogP contribution in [-0.4, -0.2) is 9.91 Å². The van der Waals surface area contributed by atoms with E-state index < -0.39 is 22.4 Å². The van der Waals surface area contributed by atoms with Gasteiger partial charge in [0, 0.05) is 10.5 Å². The highest BCUT2D eigenvalue weighted by molar-refractivity contribution is 9.10. The predicted molar refractivity (Wildman–Crippen MR) is 111 cm³/mol. The standard InChI is InChI=1S/C20H10BrF3N2O3S/c21-12-6-8-16(13(10-12)19-25-14-3-1-2-4-18(14)30-19)29-17-7-5-11(20(22,23)24)9-15(17)26(27)28/h1-10H. The fourth-order valence-corrected chi connectivity index (χ4v) is 4.13. The maximum atomic E-state index is 12.9. The van der Waals surface area contributed by atoms with Gasteiger partial charge in [-0.2, -0.15) is 13.2 Å². The van der Waals surface area contributed by atoms with Gasteiger partial charge in [-0.1, -0.05) is 28.1 Å². The van der Waals surface area contributed by atoms with Crippen molar-refractivity contribution >= 4 is 43.2 Å². The van der Waals surface area contributed by atoms with Crippen LogP contribution in [0.5, 0.6) is 11.5 Å². The van der Waals surface area contributed by atoms with Crippen LogP contribution in [-0.2, 0) is 6.18 Å². The van der Waals surface area contributed by atoms with Gasteiger partial charge in [-0.3, -0.25) is 10.1 Å². The highest BCUT2D eigenvalue weighted by atomic mass is 79.9. The summed E-state index contributed by atoms with van der Waals surface area (Å²) < 4.78 is 46.2. The summed E-state index contributed by atoms with van der Waals surface area (Å²) in [7, 11) is 0. The number of nitro groups is 1. The Bertz CT molecular complexity index is 1240. The first-order valence-corrected chi connectivity index (χ1v) is 10.0. The van der Waals surface area contributed by atoms with Gasteiger partial charge in [-0.25, -0.2) is 4.98 Å². The number of fused-ring (bicyclic) bond motifs is 1. The van der Waals surface area contributed by atoms with E-state index in [0.29, 0.717) is 16.6 Å². The van der Waals surface area contributed by atoms with E-state index in [9.17, 15) is 23.3 Å². The Morgan fingerprint density at radius 1 is 1.03 bits per heavy atom. The number of thiazole rings is 1. The molecule has 1 heterocycles. The Morgan fingerprint density at radius 3 is 2.47 bits per heavy atom. The normalized spacial score (nSPS) is 11.6. The van der Waals surface area contributed by atoms with E-state index in [2.05, 4.69) is 20.9 Å². The number of hydrogen-bond acceptors (Lipinski definition) is 5. The minimum Gasteiger partial charge on any atom is -0.449 e. The number of alkyl halides is 3. The molecule has 1 aromatic heterocycles. The van der Waals surface area contributed by atoms with Crippen molar-refractivity contribution in [2.24, 2.45) is 0 Å². The van der Waals surface area contributed by atoms with Crippen molar-refractivity contribution in [3.8, 4) is 22.1 Å². The summed E-state index contributed by atoms with van der Waals surface area (Å²) in [5.74, 6) is -0.0576. The number of benzene rings is 3. The van der Waals surface area contributed by atoms with E-state index in [1.54, 1.807) is 18.2 Å². The maximum absolute atomic E-state index is 12.9. The molecule has 10 heteroatoms. The van der Waals surface area contributed by atoms with Crippen LogP contribution in [0.2, 0.25) is 0 Å². The maximum Gasteiger partial charge on any atom is 0.416 e. The van der Waals surface area contributed by atoms with Gasteiger partial charge in [0.1, 0.15) is 10.8 Å². The molecule has 30 heavy (non-hydrogen) atoms. The predicted octanol–water partition coefficient (Wildman–Crippen LogP) is 7.45. The first kappa shape index (κ1) is 20.3. The molecule has 0 N–H and O–H groups in total. The second-order valence-corrected chi connectivity index (χ2v) is 8.11. The molecule has 0 aliphatic rings. The monoisotopic (exact) mass is 494 g/mol. The molecule has 0 bridgehead atoms. The van der Waals surface area contributed by atoms with Gasteiger partial charge in [-0.15, -0.1) is 11.3 Å². The molecule has 0 aliphatic carbocycles. The molecule has 0 aliphatic heterocycles. The minimum atomic E-state index is -4.70. The molecule has 5 nitrogen and oxygen atoms in total. The molecule has 0 unspecified atom stereocenters. The van der Waals surface area contributed by atoms with Gasteiger partial charge < -0.3 is 4.74 Å². The van der Waals surface area contributed by atoms with Crippen molar-refractivity contribution in [1.29, 1.82) is 0 Å². The van der Waals surface area contributed by atoms with Crippen molar-refractivity contribution in [1.82, 2.24) is 4.98 Å². The lowest BCUT2D eigenvalue weighted by molar-refractivity contribution is -0.385. The summed E-state index contributed by atoms with van der Waals surface area (Å²) in [6.45, 7) is 0. The third-order valence-corrected chi connectivity index (χ3v) is 5.73. The molecule has 0 saturated heterocycles. The molecular formula is C20H10BrF3N2O3S. The van der Waals surface area contributed by atoms with Crippen LogP contribution in [0.3, 0.4) is 0 Å². The summed E-state index contributed by atoms with van der Waals surface area (Å²) in [5.41, 5.74) is -0.560. The Balaban J connectivity index is 1.80. The van der Waals surface area contributed by atoms with Crippen LogP contribution in [0.25, 0.3) is 20.8 Å². The summed E-state index contributed by atoms with van der Waals surface area (Å²) in [4.78, 5) is 15.0. The molecule has 0 fully saturated rings. The number of nitro benzene ring substituents is 1. The van der Waals surface area contributed by atoms with Gasteiger partial charge in [0.15, 0.2) is 0 Å². The summed E-state index contributed by atoms with van der Waals surface area (Å²) >= 11 is 4.79. The zero-order valence-corrected chi connectivity index (χ0v) is 17.2. The van der Waals surface area contributed by atoms with Crippen molar-refractivity contribution in [2.45, 2.75) is 6.18 Å². The van der Waals surface area contributed by atoms with Crippen LogP contribution in [0.1, 0.15) is 5.56 Å². The van der Waals surface area contributed by atoms with Crippen LogP contribution >= 0.6 is 27.3 Å². The van der Waals surface area contributed by atoms with Gasteiger partial charge in [0.25, 0.3) is 0 Å². The first-order valence-electron chi connectivity index (χ1n) is 8.41. The molecule has 4 rings (SSSR count). The molecule has 0 spiro atoms. The third kappa shape index (κ3) is 4.01. The average molecular weight is 495 g/mol. The smallest absolute Gasteiger partial charge is 0.416 e. The Kier molecular flexibility index (Phi) is 5.20. The molecule has 0 amide bonds. The van der Waals surface area contributed by atoms with E-state index in [1.807, 2.05) is 24.3 Å². The molecule has 3 aromatic carbocycles. The van der Waals surface area contributed by atoms with E-state index in [-0.39, 0.29) is 11.5 Å². The van der Waals surface area contributed by atoms with Crippen LogP contribution in [0.15, 0.2) is 65.1 Å². The largest absolute Gasteiger partial charge is 0.449 e. The van der Waals surface area contributed by atoms with E-state index in [0.717, 1.165) is 26.8 Å². The van der Waals surface area contributed by atoms with Crippen LogP contribution in [0, 0.1) is 10.1 Å². The summed E-state index contributed by atoms with van der Waals surface area (Å²) in [6, 6.07) is 14.7. The summed E-state index contributed by atoms with van der Waals surface area (Å²) in [6.07, 6.45) is -4.70. The van der Waals surface area contributed by atoms with E-state index in [4.69, 9.17) is 4.74 Å². The zero-order chi connectivity index (χ0) is 21.5. The topological polar surface area (TPSA) is 65.3 Å². The van der Waals surface area contributed by atoms with Crippen molar-refractivity contribution in [2.75, 3.05) is 0 Å². The summed E-state index contributed by atoms with van der Waals surface area (Å²) in [5, 5.41) is 12.0. The molecule has 0 atom stereocenters. The van der Waals surface area contributed by atoms with Gasteiger partial charge >= 0.3 is 11.9 Å². The minimum absolute atomic E-state index is 0.236. The van der Waals surface area contributed by atoms with E-state index >= 15 is 0 Å². The van der Waals surface area contributed by atoms with Crippen LogP contribution in [0.4, 0.5) is 18.9 Å². The second kappa shape index (κ2) is 7.69. The molecule has 4 aromatic rings. The van der Waals surface area contributed by atoms with Gasteiger partial charge in [0.2, 0.25) is 5.75 Å². The Hall–Kier alpha value is -2.98. The highest BCUT2D eigenvalue weighted by Gasteiger charge is 2.33. The van der Waals surface area contributed by atoms with Gasteiger partial charge in [0.05, 0.1) is 26.3 Å². The number of nitrogens with zero attached hydrogens (tertiary/aromatic N) is 2. The molecule has 0 radical (unpaired) electrons. The number of aromatic nitrogens is 1. The fourth-order valence-electron chi connectivity index (χ4n) is 2.79. The second-order valence-electron chi connectivity index (χ2n) is 6.17. The third-order valence-electron chi connectivity index (χ3n) is 4.17. The number of rotatable bonds is 4. The number of halogens is 4. The van der Waals surface area contributed by atoms with Crippen LogP contribution < -0.4 is 4.74 Å². The number of ether oxygens (including phenoxy) is 1. The molecular weight excluding hydrogens is 485 g/mol. The van der Waals surface area contributed by atoms with Gasteiger partial charge in [-0.05, 0) is 42.5 Å². The van der Waals surface area contributed by atoms with Crippen molar-refractivity contribution in [3.63, 3.8) is 0 Å². The lowest BCUT2D eigenvalue weighted by atomic mass is 10.1. The SMILES string of the molecule is O=[N+]([O-])c1cc(C(F)(F)F)ccc1Oc1ccc(Br)cc1-c1nc2ccccc2s1. The van der Waals surface area contributed by atoms with Crippen molar-refractivity contribution < 1.29 is 22.8 Å². The number of para-hydroxylation sites is 1. The fraction of sp³-hybridized carbons (Fsp3) is 0.0500. The lowest BCUT2D eigenvalue weighted by Gasteiger charge is -2.12. The quantitative estimate of drug-likeness (QED) is 0.218. The zero-order valence-electron chi connectivity index (χ0n) is 14.8. The molecule has 0 saturated carbocycles. The number of hydrogen-bond donors (Lipinski definition) is 0. The van der Waals surface area contributed by atoms with E-state index in [1.165, 1.54) is 11.3 Å².